The summed E-state index contributed by atoms with van der Waals surface area (Å²) in [5.41, 5.74) is 1.80. The molecule has 6 nitrogen and oxygen atoms in total. The smallest absolute Gasteiger partial charge is 0.411 e. The summed E-state index contributed by atoms with van der Waals surface area (Å²) in [6.45, 7) is 7.68. The van der Waals surface area contributed by atoms with Gasteiger partial charge in [0.05, 0.1) is 5.88 Å². The predicted molar refractivity (Wildman–Crippen MR) is 117 cm³/mol. The lowest BCUT2D eigenvalue weighted by Crippen LogP contribution is -2.48. The third-order valence-corrected chi connectivity index (χ3v) is 6.87. The predicted octanol–water partition coefficient (Wildman–Crippen LogP) is 3.61. The highest BCUT2D eigenvalue weighted by molar-refractivity contribution is 7.99. The van der Waals surface area contributed by atoms with Crippen LogP contribution in [0.2, 0.25) is 5.02 Å². The normalized spacial score (nSPS) is 24.2. The van der Waals surface area contributed by atoms with Crippen molar-refractivity contribution in [1.82, 2.24) is 9.80 Å². The Kier molecular flexibility index (Phi) is 5.64. The number of anilines is 1. The molecule has 2 saturated heterocycles. The number of benzene rings is 1. The van der Waals surface area contributed by atoms with Crippen molar-refractivity contribution < 1.29 is 14.3 Å². The maximum Gasteiger partial charge on any atom is 0.411 e. The first kappa shape index (κ1) is 20.7. The molecule has 3 aliphatic heterocycles. The summed E-state index contributed by atoms with van der Waals surface area (Å²) in [5.74, 6) is 1.70. The van der Waals surface area contributed by atoms with Gasteiger partial charge in [-0.05, 0) is 57.4 Å². The Morgan fingerprint density at radius 2 is 2.03 bits per heavy atom. The van der Waals surface area contributed by atoms with Crippen LogP contribution >= 0.6 is 23.4 Å². The molecule has 2 fully saturated rings. The van der Waals surface area contributed by atoms with E-state index in [1.54, 1.807) is 16.7 Å². The molecule has 0 bridgehead atoms. The number of likely N-dealkylation sites (tertiary alicyclic amines) is 1. The maximum atomic E-state index is 13.2. The Hall–Kier alpha value is -1.60. The second-order valence-corrected chi connectivity index (χ2v) is 10.4. The van der Waals surface area contributed by atoms with E-state index in [0.29, 0.717) is 18.8 Å². The molecule has 1 aromatic rings. The van der Waals surface area contributed by atoms with Gasteiger partial charge in [0, 0.05) is 42.1 Å². The van der Waals surface area contributed by atoms with Crippen molar-refractivity contribution in [3.05, 3.63) is 28.8 Å². The number of amides is 2. The molecule has 158 valence electrons. The molecule has 8 heteroatoms. The zero-order valence-electron chi connectivity index (χ0n) is 17.2. The molecular weight excluding hydrogens is 410 g/mol. The van der Waals surface area contributed by atoms with Crippen molar-refractivity contribution in [3.8, 4) is 0 Å². The second-order valence-electron chi connectivity index (χ2n) is 8.89. The molecular formula is C21H28ClN3O3S. The van der Waals surface area contributed by atoms with Crippen LogP contribution in [0.1, 0.15) is 32.8 Å². The molecule has 0 N–H and O–H groups in total. The highest BCUT2D eigenvalue weighted by Crippen LogP contribution is 2.36. The first-order valence-corrected chi connectivity index (χ1v) is 11.7. The number of ether oxygens (including phenoxy) is 1. The summed E-state index contributed by atoms with van der Waals surface area (Å²) >= 11 is 7.91. The zero-order chi connectivity index (χ0) is 20.8. The Balaban J connectivity index is 1.56. The van der Waals surface area contributed by atoms with E-state index < -0.39 is 17.7 Å². The molecule has 1 aromatic carbocycles. The largest absolute Gasteiger partial charge is 0.444 e. The number of carbonyl (C=O) groups excluding carboxylic acids is 2. The van der Waals surface area contributed by atoms with Crippen molar-refractivity contribution in [2.24, 2.45) is 0 Å². The molecule has 0 spiro atoms. The standard InChI is InChI=1S/C21H28ClN3O3S/c1-21(2,3)28-20(27)25-12-16(11-18(25)19(26)23-8-9-29-13-23)24-7-6-14-10-15(22)4-5-17(14)24/h4-5,10,16,18H,6-9,11-13H2,1-3H3/t16-,18-/m0/s1. The Labute approximate surface area is 181 Å². The lowest BCUT2D eigenvalue weighted by atomic mass is 10.1. The van der Waals surface area contributed by atoms with Gasteiger partial charge in [0.25, 0.3) is 0 Å². The Morgan fingerprint density at radius 1 is 1.24 bits per heavy atom. The molecule has 0 saturated carbocycles. The number of hydrogen-bond donors (Lipinski definition) is 0. The molecule has 29 heavy (non-hydrogen) atoms. The van der Waals surface area contributed by atoms with E-state index in [9.17, 15) is 9.59 Å². The van der Waals surface area contributed by atoms with Crippen LogP contribution in [-0.2, 0) is 16.0 Å². The average molecular weight is 438 g/mol. The van der Waals surface area contributed by atoms with E-state index in [0.717, 1.165) is 36.0 Å². The monoisotopic (exact) mass is 437 g/mol. The molecule has 3 aliphatic rings. The summed E-state index contributed by atoms with van der Waals surface area (Å²) in [7, 11) is 0. The molecule has 2 amide bonds. The average Bonchev–Trinajstić information content (AvgIpc) is 3.37. The van der Waals surface area contributed by atoms with Crippen LogP contribution in [0.5, 0.6) is 0 Å². The van der Waals surface area contributed by atoms with Gasteiger partial charge in [0.2, 0.25) is 5.91 Å². The van der Waals surface area contributed by atoms with Crippen LogP contribution in [0.15, 0.2) is 18.2 Å². The molecule has 4 rings (SSSR count). The van der Waals surface area contributed by atoms with Crippen LogP contribution in [0.4, 0.5) is 10.5 Å². The van der Waals surface area contributed by atoms with Crippen molar-refractivity contribution in [2.75, 3.05) is 36.2 Å². The van der Waals surface area contributed by atoms with Crippen molar-refractivity contribution in [1.29, 1.82) is 0 Å². The van der Waals surface area contributed by atoms with E-state index in [2.05, 4.69) is 11.0 Å². The summed E-state index contributed by atoms with van der Waals surface area (Å²) in [6.07, 6.45) is 1.15. The minimum Gasteiger partial charge on any atom is -0.444 e. The molecule has 0 aromatic heterocycles. The van der Waals surface area contributed by atoms with Gasteiger partial charge < -0.3 is 14.5 Å². The van der Waals surface area contributed by atoms with Gasteiger partial charge in [-0.3, -0.25) is 9.69 Å². The van der Waals surface area contributed by atoms with Crippen LogP contribution in [-0.4, -0.2) is 70.7 Å². The number of thioether (sulfide) groups is 1. The molecule has 3 heterocycles. The van der Waals surface area contributed by atoms with Gasteiger partial charge in [0.1, 0.15) is 11.6 Å². The number of hydrogen-bond acceptors (Lipinski definition) is 5. The fourth-order valence-corrected chi connectivity index (χ4v) is 5.52. The van der Waals surface area contributed by atoms with Gasteiger partial charge in [-0.2, -0.15) is 0 Å². The fourth-order valence-electron chi connectivity index (χ4n) is 4.37. The molecule has 0 aliphatic carbocycles. The third-order valence-electron chi connectivity index (χ3n) is 5.67. The van der Waals surface area contributed by atoms with Crippen molar-refractivity contribution in [2.45, 2.75) is 51.3 Å². The van der Waals surface area contributed by atoms with Crippen molar-refractivity contribution >= 4 is 41.1 Å². The quantitative estimate of drug-likeness (QED) is 0.707. The zero-order valence-corrected chi connectivity index (χ0v) is 18.8. The number of nitrogens with zero attached hydrogens (tertiary/aromatic N) is 3. The second kappa shape index (κ2) is 7.91. The highest BCUT2D eigenvalue weighted by atomic mass is 35.5. The van der Waals surface area contributed by atoms with Crippen LogP contribution in [0, 0.1) is 0 Å². The van der Waals surface area contributed by atoms with Gasteiger partial charge >= 0.3 is 6.09 Å². The fraction of sp³-hybridized carbons (Fsp3) is 0.619. The van der Waals surface area contributed by atoms with E-state index in [1.165, 1.54) is 5.56 Å². The SMILES string of the molecule is CC(C)(C)OC(=O)N1C[C@@H](N2CCc3cc(Cl)ccc32)C[C@H]1C(=O)N1CCSC1. The summed E-state index contributed by atoms with van der Waals surface area (Å²) < 4.78 is 5.64. The first-order chi connectivity index (χ1) is 13.7. The third kappa shape index (κ3) is 4.31. The minimum atomic E-state index is -0.594. The number of halogens is 1. The van der Waals surface area contributed by atoms with E-state index in [1.807, 2.05) is 37.8 Å². The van der Waals surface area contributed by atoms with Gasteiger partial charge in [-0.15, -0.1) is 11.8 Å². The van der Waals surface area contributed by atoms with Crippen LogP contribution < -0.4 is 4.90 Å². The van der Waals surface area contributed by atoms with Gasteiger partial charge in [-0.1, -0.05) is 11.6 Å². The van der Waals surface area contributed by atoms with Crippen LogP contribution in [0.3, 0.4) is 0 Å². The van der Waals surface area contributed by atoms with E-state index in [4.69, 9.17) is 16.3 Å². The molecule has 0 unspecified atom stereocenters. The summed E-state index contributed by atoms with van der Waals surface area (Å²) in [5, 5.41) is 0.743. The van der Waals surface area contributed by atoms with Crippen LogP contribution in [0.25, 0.3) is 0 Å². The summed E-state index contributed by atoms with van der Waals surface area (Å²) in [4.78, 5) is 32.0. The van der Waals surface area contributed by atoms with Crippen molar-refractivity contribution in [3.63, 3.8) is 0 Å². The Morgan fingerprint density at radius 3 is 2.72 bits per heavy atom. The Bertz CT molecular complexity index is 807. The topological polar surface area (TPSA) is 53.1 Å². The van der Waals surface area contributed by atoms with Gasteiger partial charge in [0.15, 0.2) is 0 Å². The molecule has 0 radical (unpaired) electrons. The highest BCUT2D eigenvalue weighted by Gasteiger charge is 2.46. The number of rotatable bonds is 2. The van der Waals surface area contributed by atoms with Gasteiger partial charge in [-0.25, -0.2) is 4.79 Å². The lowest BCUT2D eigenvalue weighted by Gasteiger charge is -2.30. The van der Waals surface area contributed by atoms with E-state index >= 15 is 0 Å². The maximum absolute atomic E-state index is 13.2. The first-order valence-electron chi connectivity index (χ1n) is 10.1. The minimum absolute atomic E-state index is 0.0406. The number of carbonyl (C=O) groups is 2. The lowest BCUT2D eigenvalue weighted by molar-refractivity contribution is -0.134. The number of fused-ring (bicyclic) bond motifs is 1. The van der Waals surface area contributed by atoms with E-state index in [-0.39, 0.29) is 11.9 Å². The molecule has 2 atom stereocenters. The summed E-state index contributed by atoms with van der Waals surface area (Å²) in [6, 6.07) is 5.60.